The average molecular weight is 417 g/mol. The van der Waals surface area contributed by atoms with Crippen molar-refractivity contribution in [3.05, 3.63) is 24.5 Å². The van der Waals surface area contributed by atoms with Crippen LogP contribution < -0.4 is 10.7 Å². The van der Waals surface area contributed by atoms with Crippen LogP contribution in [0.5, 0.6) is 0 Å². The van der Waals surface area contributed by atoms with E-state index in [0.29, 0.717) is 23.9 Å². The summed E-state index contributed by atoms with van der Waals surface area (Å²) in [7, 11) is 0. The maximum absolute atomic E-state index is 12.4. The Morgan fingerprint density at radius 3 is 2.59 bits per heavy atom. The second-order valence-electron chi connectivity index (χ2n) is 6.77. The molecule has 0 bridgehead atoms. The van der Waals surface area contributed by atoms with Crippen LogP contribution in [0, 0.1) is 0 Å². The molecule has 1 unspecified atom stereocenters. The number of carbonyl (C=O) groups is 3. The Labute approximate surface area is 172 Å². The van der Waals surface area contributed by atoms with Crippen molar-refractivity contribution in [3.63, 3.8) is 0 Å². The van der Waals surface area contributed by atoms with Gasteiger partial charge in [0, 0.05) is 24.5 Å². The number of imide groups is 1. The number of aromatic nitrogens is 4. The summed E-state index contributed by atoms with van der Waals surface area (Å²) in [5.74, 6) is -0.268. The molecule has 154 valence electrons. The van der Waals surface area contributed by atoms with Crippen LogP contribution in [0.4, 0.5) is 4.79 Å². The van der Waals surface area contributed by atoms with E-state index in [1.54, 1.807) is 26.2 Å². The number of carbonyl (C=O) groups excluding carboxylic acids is 3. The normalized spacial score (nSPS) is 18.8. The largest absolute Gasteiger partial charge is 0.344 e. The van der Waals surface area contributed by atoms with Crippen LogP contribution in [-0.4, -0.2) is 53.9 Å². The molecule has 3 rings (SSSR count). The Bertz CT molecular complexity index is 917. The van der Waals surface area contributed by atoms with Crippen molar-refractivity contribution in [1.29, 1.82) is 0 Å². The molecule has 2 N–H and O–H groups in total. The number of urea groups is 1. The Kier molecular flexibility index (Phi) is 6.16. The quantitative estimate of drug-likeness (QED) is 0.494. The highest BCUT2D eigenvalue weighted by Gasteiger charge is 2.47. The molecule has 11 heteroatoms. The number of pyridine rings is 1. The van der Waals surface area contributed by atoms with Crippen LogP contribution in [0.25, 0.3) is 11.4 Å². The van der Waals surface area contributed by atoms with Gasteiger partial charge in [-0.2, -0.15) is 5.01 Å². The topological polar surface area (TPSA) is 122 Å². The van der Waals surface area contributed by atoms with E-state index in [1.165, 1.54) is 11.8 Å². The summed E-state index contributed by atoms with van der Waals surface area (Å²) in [6, 6.07) is 3.06. The third-order valence-electron chi connectivity index (χ3n) is 4.64. The van der Waals surface area contributed by atoms with E-state index in [2.05, 4.69) is 25.9 Å². The molecule has 0 aromatic carbocycles. The SMILES string of the molecule is CCCn1c(SCC(=O)NN2C(=O)NC(C)(CC)C2=O)nnc1-c1ccncc1. The van der Waals surface area contributed by atoms with Crippen molar-refractivity contribution in [2.75, 3.05) is 5.75 Å². The lowest BCUT2D eigenvalue weighted by Gasteiger charge is -2.19. The minimum absolute atomic E-state index is 0.0158. The fourth-order valence-electron chi connectivity index (χ4n) is 2.85. The predicted octanol–water partition coefficient (Wildman–Crippen LogP) is 1.59. The molecule has 1 atom stereocenters. The third kappa shape index (κ3) is 4.24. The van der Waals surface area contributed by atoms with Crippen molar-refractivity contribution in [1.82, 2.24) is 35.5 Å². The molecular formula is C18H23N7O3S. The van der Waals surface area contributed by atoms with Gasteiger partial charge in [0.2, 0.25) is 5.91 Å². The molecule has 0 spiro atoms. The van der Waals surface area contributed by atoms with Gasteiger partial charge in [-0.3, -0.25) is 20.0 Å². The lowest BCUT2D eigenvalue weighted by atomic mass is 10.00. The maximum Gasteiger partial charge on any atom is 0.344 e. The molecule has 0 aliphatic carbocycles. The first-order valence-electron chi connectivity index (χ1n) is 9.32. The summed E-state index contributed by atoms with van der Waals surface area (Å²) in [4.78, 5) is 40.7. The highest BCUT2D eigenvalue weighted by atomic mass is 32.2. The second kappa shape index (κ2) is 8.60. The van der Waals surface area contributed by atoms with Crippen molar-refractivity contribution in [2.45, 2.75) is 50.9 Å². The molecule has 1 aliphatic heterocycles. The molecular weight excluding hydrogens is 394 g/mol. The average Bonchev–Trinajstić information content (AvgIpc) is 3.21. The molecule has 1 saturated heterocycles. The van der Waals surface area contributed by atoms with Crippen molar-refractivity contribution in [2.24, 2.45) is 0 Å². The number of thioether (sulfide) groups is 1. The van der Waals surface area contributed by atoms with Crippen molar-refractivity contribution in [3.8, 4) is 11.4 Å². The van der Waals surface area contributed by atoms with E-state index >= 15 is 0 Å². The van der Waals surface area contributed by atoms with Gasteiger partial charge in [0.25, 0.3) is 5.91 Å². The minimum atomic E-state index is -1.00. The predicted molar refractivity (Wildman–Crippen MR) is 106 cm³/mol. The van der Waals surface area contributed by atoms with Crippen LogP contribution in [0.2, 0.25) is 0 Å². The fraction of sp³-hybridized carbons (Fsp3) is 0.444. The monoisotopic (exact) mass is 417 g/mol. The van der Waals surface area contributed by atoms with Gasteiger partial charge in [0.1, 0.15) is 5.54 Å². The third-order valence-corrected chi connectivity index (χ3v) is 5.61. The van der Waals surface area contributed by atoms with Gasteiger partial charge in [-0.15, -0.1) is 10.2 Å². The molecule has 3 heterocycles. The second-order valence-corrected chi connectivity index (χ2v) is 7.72. The van der Waals surface area contributed by atoms with E-state index < -0.39 is 23.4 Å². The van der Waals surface area contributed by atoms with Gasteiger partial charge in [-0.1, -0.05) is 25.6 Å². The van der Waals surface area contributed by atoms with Crippen molar-refractivity contribution >= 4 is 29.6 Å². The zero-order chi connectivity index (χ0) is 21.0. The molecule has 29 heavy (non-hydrogen) atoms. The Balaban J connectivity index is 1.67. The molecule has 1 fully saturated rings. The first kappa shape index (κ1) is 20.8. The number of hydrogen-bond donors (Lipinski definition) is 2. The molecule has 1 aliphatic rings. The lowest BCUT2D eigenvalue weighted by Crippen LogP contribution is -2.49. The minimum Gasteiger partial charge on any atom is -0.322 e. The highest BCUT2D eigenvalue weighted by Crippen LogP contribution is 2.24. The first-order chi connectivity index (χ1) is 13.9. The van der Waals surface area contributed by atoms with Gasteiger partial charge in [0.15, 0.2) is 11.0 Å². The Morgan fingerprint density at radius 1 is 1.24 bits per heavy atom. The number of hydrazine groups is 1. The standard InChI is InChI=1S/C18H23N7O3S/c1-4-10-24-14(12-6-8-19-9-7-12)21-22-17(24)29-11-13(26)23-25-15(27)18(3,5-2)20-16(25)28/h6-9H,4-5,10-11H2,1-3H3,(H,20,28)(H,23,26). The summed E-state index contributed by atoms with van der Waals surface area (Å²) in [6.07, 6.45) is 4.66. The zero-order valence-corrected chi connectivity index (χ0v) is 17.3. The fourth-order valence-corrected chi connectivity index (χ4v) is 3.60. The van der Waals surface area contributed by atoms with Crippen LogP contribution in [0.3, 0.4) is 0 Å². The van der Waals surface area contributed by atoms with E-state index in [-0.39, 0.29) is 5.75 Å². The summed E-state index contributed by atoms with van der Waals surface area (Å²) >= 11 is 1.19. The number of rotatable bonds is 8. The molecule has 10 nitrogen and oxygen atoms in total. The lowest BCUT2D eigenvalue weighted by molar-refractivity contribution is -0.137. The van der Waals surface area contributed by atoms with Crippen LogP contribution in [0.1, 0.15) is 33.6 Å². The summed E-state index contributed by atoms with van der Waals surface area (Å²) < 4.78 is 1.94. The molecule has 4 amide bonds. The number of amides is 4. The number of nitrogens with zero attached hydrogens (tertiary/aromatic N) is 5. The smallest absolute Gasteiger partial charge is 0.322 e. The van der Waals surface area contributed by atoms with Gasteiger partial charge >= 0.3 is 6.03 Å². The van der Waals surface area contributed by atoms with Crippen molar-refractivity contribution < 1.29 is 14.4 Å². The van der Waals surface area contributed by atoms with Gasteiger partial charge in [0.05, 0.1) is 5.75 Å². The Morgan fingerprint density at radius 2 is 1.97 bits per heavy atom. The highest BCUT2D eigenvalue weighted by molar-refractivity contribution is 7.99. The summed E-state index contributed by atoms with van der Waals surface area (Å²) in [5.41, 5.74) is 2.26. The molecule has 0 saturated carbocycles. The molecule has 2 aromatic heterocycles. The van der Waals surface area contributed by atoms with Crippen LogP contribution in [-0.2, 0) is 16.1 Å². The number of nitrogens with one attached hydrogen (secondary N) is 2. The summed E-state index contributed by atoms with van der Waals surface area (Å²) in [5, 5.41) is 12.4. The molecule has 0 radical (unpaired) electrons. The molecule has 2 aromatic rings. The van der Waals surface area contributed by atoms with Crippen LogP contribution in [0.15, 0.2) is 29.7 Å². The maximum atomic E-state index is 12.4. The van der Waals surface area contributed by atoms with Crippen LogP contribution >= 0.6 is 11.8 Å². The number of hydrogen-bond acceptors (Lipinski definition) is 7. The van der Waals surface area contributed by atoms with E-state index in [4.69, 9.17) is 0 Å². The van der Waals surface area contributed by atoms with E-state index in [1.807, 2.05) is 23.6 Å². The summed E-state index contributed by atoms with van der Waals surface area (Å²) in [6.45, 7) is 6.15. The van der Waals surface area contributed by atoms with E-state index in [9.17, 15) is 14.4 Å². The van der Waals surface area contributed by atoms with Gasteiger partial charge < -0.3 is 9.88 Å². The van der Waals surface area contributed by atoms with Gasteiger partial charge in [-0.25, -0.2) is 4.79 Å². The first-order valence-corrected chi connectivity index (χ1v) is 10.3. The van der Waals surface area contributed by atoms with E-state index in [0.717, 1.165) is 17.0 Å². The Hall–Kier alpha value is -2.95. The zero-order valence-electron chi connectivity index (χ0n) is 16.5. The van der Waals surface area contributed by atoms with Gasteiger partial charge in [-0.05, 0) is 31.9 Å².